The number of hydrogen-bond acceptors (Lipinski definition) is 6. The maximum absolute atomic E-state index is 12.7. The summed E-state index contributed by atoms with van der Waals surface area (Å²) in [5.74, 6) is -0.612. The molecule has 0 spiro atoms. The number of hydrogen-bond donors (Lipinski definition) is 0. The first-order valence-electron chi connectivity index (χ1n) is 6.66. The maximum atomic E-state index is 12.7. The zero-order valence-corrected chi connectivity index (χ0v) is 13.3. The van der Waals surface area contributed by atoms with Crippen LogP contribution in [-0.4, -0.2) is 44.0 Å². The lowest BCUT2D eigenvalue weighted by Gasteiger charge is -2.22. The van der Waals surface area contributed by atoms with Crippen LogP contribution in [0.15, 0.2) is 29.2 Å². The van der Waals surface area contributed by atoms with Crippen molar-refractivity contribution in [3.8, 4) is 0 Å². The van der Waals surface area contributed by atoms with E-state index in [4.69, 9.17) is 4.74 Å². The van der Waals surface area contributed by atoms with E-state index in [-0.39, 0.29) is 11.3 Å². The molecule has 1 aliphatic heterocycles. The molecule has 8 heteroatoms. The molecule has 1 aromatic rings. The highest BCUT2D eigenvalue weighted by Gasteiger charge is 2.47. The van der Waals surface area contributed by atoms with Crippen LogP contribution in [0.4, 0.5) is 4.79 Å². The number of nitrogens with zero attached hydrogens (tertiary/aromatic N) is 1. The number of sulfonamides is 1. The number of ether oxygens (including phenoxy) is 2. The topological polar surface area (TPSA) is 90.0 Å². The number of esters is 1. The molecule has 1 aliphatic rings. The minimum absolute atomic E-state index is 0.0287. The van der Waals surface area contributed by atoms with Crippen LogP contribution < -0.4 is 0 Å². The standard InChI is InChI=1S/C14H17NO6S/c1-9-4-6-11(7-5-9)22(18,19)15-12(8-13(16)20-3)10(2)21-14(15)17/h4-7,10,12H,8H2,1-3H3. The molecule has 0 radical (unpaired) electrons. The van der Waals surface area contributed by atoms with Gasteiger partial charge in [0.1, 0.15) is 6.10 Å². The van der Waals surface area contributed by atoms with E-state index in [0.29, 0.717) is 4.31 Å². The van der Waals surface area contributed by atoms with E-state index < -0.39 is 34.2 Å². The van der Waals surface area contributed by atoms with Crippen molar-refractivity contribution in [3.05, 3.63) is 29.8 Å². The van der Waals surface area contributed by atoms with E-state index >= 15 is 0 Å². The average molecular weight is 327 g/mol. The van der Waals surface area contributed by atoms with E-state index in [2.05, 4.69) is 4.74 Å². The SMILES string of the molecule is COC(=O)CC1C(C)OC(=O)N1S(=O)(=O)c1ccc(C)cc1. The Morgan fingerprint density at radius 1 is 1.32 bits per heavy atom. The van der Waals surface area contributed by atoms with E-state index in [1.165, 1.54) is 26.2 Å². The third-order valence-electron chi connectivity index (χ3n) is 3.49. The third-order valence-corrected chi connectivity index (χ3v) is 5.30. The first kappa shape index (κ1) is 16.3. The lowest BCUT2D eigenvalue weighted by atomic mass is 10.1. The molecule has 1 amide bonds. The largest absolute Gasteiger partial charge is 0.469 e. The van der Waals surface area contributed by atoms with E-state index in [0.717, 1.165) is 5.56 Å². The Morgan fingerprint density at radius 3 is 2.45 bits per heavy atom. The van der Waals surface area contributed by atoms with Gasteiger partial charge in [0, 0.05) is 0 Å². The van der Waals surface area contributed by atoms with Gasteiger partial charge in [-0.15, -0.1) is 0 Å². The Hall–Kier alpha value is -2.09. The molecule has 1 aromatic carbocycles. The van der Waals surface area contributed by atoms with E-state index in [9.17, 15) is 18.0 Å². The summed E-state index contributed by atoms with van der Waals surface area (Å²) < 4.78 is 35.4. The van der Waals surface area contributed by atoms with Crippen molar-refractivity contribution in [2.24, 2.45) is 0 Å². The Bertz CT molecular complexity index is 682. The van der Waals surface area contributed by atoms with Crippen LogP contribution in [0.2, 0.25) is 0 Å². The quantitative estimate of drug-likeness (QED) is 0.778. The Morgan fingerprint density at radius 2 is 1.91 bits per heavy atom. The van der Waals surface area contributed by atoms with Crippen LogP contribution >= 0.6 is 0 Å². The molecule has 2 unspecified atom stereocenters. The summed E-state index contributed by atoms with van der Waals surface area (Å²) >= 11 is 0. The van der Waals surface area contributed by atoms with Crippen LogP contribution in [0.5, 0.6) is 0 Å². The summed E-state index contributed by atoms with van der Waals surface area (Å²) in [6.07, 6.45) is -1.97. The minimum atomic E-state index is -4.09. The number of benzene rings is 1. The monoisotopic (exact) mass is 327 g/mol. The second kappa shape index (κ2) is 5.96. The number of amides is 1. The molecule has 120 valence electrons. The molecule has 1 fully saturated rings. The third kappa shape index (κ3) is 2.92. The van der Waals surface area contributed by atoms with Gasteiger partial charge in [-0.3, -0.25) is 4.79 Å². The highest BCUT2D eigenvalue weighted by atomic mass is 32.2. The number of cyclic esters (lactones) is 1. The number of carbonyl (C=O) groups is 2. The van der Waals surface area contributed by atoms with E-state index in [1.54, 1.807) is 12.1 Å². The molecule has 0 N–H and O–H groups in total. The van der Waals surface area contributed by atoms with Crippen molar-refractivity contribution < 1.29 is 27.5 Å². The lowest BCUT2D eigenvalue weighted by Crippen LogP contribution is -2.42. The normalized spacial score (nSPS) is 21.6. The Balaban J connectivity index is 2.39. The number of carbonyl (C=O) groups excluding carboxylic acids is 2. The highest BCUT2D eigenvalue weighted by Crippen LogP contribution is 2.29. The van der Waals surface area contributed by atoms with Gasteiger partial charge >= 0.3 is 12.1 Å². The second-order valence-corrected chi connectivity index (χ2v) is 6.87. The molecule has 22 heavy (non-hydrogen) atoms. The van der Waals surface area contributed by atoms with Crippen molar-refractivity contribution in [1.82, 2.24) is 4.31 Å². The van der Waals surface area contributed by atoms with Crippen molar-refractivity contribution in [1.29, 1.82) is 0 Å². The van der Waals surface area contributed by atoms with E-state index in [1.807, 2.05) is 6.92 Å². The van der Waals surface area contributed by atoms with Gasteiger partial charge < -0.3 is 9.47 Å². The average Bonchev–Trinajstić information content (AvgIpc) is 2.74. The summed E-state index contributed by atoms with van der Waals surface area (Å²) in [5.41, 5.74) is 0.891. The predicted molar refractivity (Wildman–Crippen MR) is 76.6 cm³/mol. The molecular weight excluding hydrogens is 310 g/mol. The van der Waals surface area contributed by atoms with Crippen molar-refractivity contribution in [2.45, 2.75) is 37.3 Å². The molecular formula is C14H17NO6S. The van der Waals surface area contributed by atoms with Gasteiger partial charge in [-0.25, -0.2) is 13.2 Å². The van der Waals surface area contributed by atoms with Gasteiger partial charge in [-0.2, -0.15) is 4.31 Å². The maximum Gasteiger partial charge on any atom is 0.424 e. The molecule has 2 rings (SSSR count). The molecule has 1 saturated heterocycles. The summed E-state index contributed by atoms with van der Waals surface area (Å²) in [6.45, 7) is 3.36. The second-order valence-electron chi connectivity index (χ2n) is 5.05. The number of methoxy groups -OCH3 is 1. The first-order valence-corrected chi connectivity index (χ1v) is 8.10. The van der Waals surface area contributed by atoms with Gasteiger partial charge in [0.25, 0.3) is 10.0 Å². The van der Waals surface area contributed by atoms with Crippen molar-refractivity contribution >= 4 is 22.1 Å². The lowest BCUT2D eigenvalue weighted by molar-refractivity contribution is -0.141. The molecule has 0 bridgehead atoms. The summed E-state index contributed by atoms with van der Waals surface area (Å²) in [5, 5.41) is 0. The summed E-state index contributed by atoms with van der Waals surface area (Å²) in [4.78, 5) is 23.4. The van der Waals surface area contributed by atoms with Crippen LogP contribution in [0, 0.1) is 6.92 Å². The summed E-state index contributed by atoms with van der Waals surface area (Å²) in [7, 11) is -2.89. The Kier molecular flexibility index (Phi) is 4.41. The van der Waals surface area contributed by atoms with Gasteiger partial charge in [-0.1, -0.05) is 17.7 Å². The van der Waals surface area contributed by atoms with Crippen LogP contribution in [-0.2, 0) is 24.3 Å². The fourth-order valence-electron chi connectivity index (χ4n) is 2.22. The molecule has 1 heterocycles. The fourth-order valence-corrected chi connectivity index (χ4v) is 3.77. The molecule has 0 aromatic heterocycles. The first-order chi connectivity index (χ1) is 10.3. The number of rotatable bonds is 4. The fraction of sp³-hybridized carbons (Fsp3) is 0.429. The van der Waals surface area contributed by atoms with Gasteiger partial charge in [0.2, 0.25) is 0 Å². The van der Waals surface area contributed by atoms with Gasteiger partial charge in [0.05, 0.1) is 24.5 Å². The van der Waals surface area contributed by atoms with Crippen LogP contribution in [0.25, 0.3) is 0 Å². The van der Waals surface area contributed by atoms with Crippen molar-refractivity contribution in [2.75, 3.05) is 7.11 Å². The zero-order chi connectivity index (χ0) is 16.5. The zero-order valence-electron chi connectivity index (χ0n) is 12.5. The van der Waals surface area contributed by atoms with Crippen molar-refractivity contribution in [3.63, 3.8) is 0 Å². The molecule has 7 nitrogen and oxygen atoms in total. The number of aryl methyl sites for hydroxylation is 1. The van der Waals surface area contributed by atoms with Crippen LogP contribution in [0.3, 0.4) is 0 Å². The molecule has 0 aliphatic carbocycles. The minimum Gasteiger partial charge on any atom is -0.469 e. The van der Waals surface area contributed by atoms with Gasteiger partial charge in [-0.05, 0) is 26.0 Å². The Labute approximate surface area is 128 Å². The predicted octanol–water partition coefficient (Wildman–Crippen LogP) is 1.46. The molecule has 0 saturated carbocycles. The van der Waals surface area contributed by atoms with Crippen LogP contribution in [0.1, 0.15) is 18.9 Å². The smallest absolute Gasteiger partial charge is 0.424 e. The highest BCUT2D eigenvalue weighted by molar-refractivity contribution is 7.89. The van der Waals surface area contributed by atoms with Gasteiger partial charge in [0.15, 0.2) is 0 Å². The summed E-state index contributed by atoms with van der Waals surface area (Å²) in [6, 6.07) is 5.16. The molecule has 2 atom stereocenters.